The van der Waals surface area contributed by atoms with Crippen molar-refractivity contribution in [3.63, 3.8) is 0 Å². The molecule has 6 heteroatoms. The highest BCUT2D eigenvalue weighted by Crippen LogP contribution is 2.21. The summed E-state index contributed by atoms with van der Waals surface area (Å²) in [5.41, 5.74) is 2.71. The minimum Gasteiger partial charge on any atom is -0.130 e. The molecule has 4 nitrogen and oxygen atoms in total. The standard InChI is InChI=1S/C14H10BrClN4/c15-12-6-7-13(11(8-12)9-16)20-18-14(17-19-20)10-4-2-1-3-5-10/h1-8H,9H2. The van der Waals surface area contributed by atoms with E-state index < -0.39 is 0 Å². The normalized spacial score (nSPS) is 10.7. The van der Waals surface area contributed by atoms with Gasteiger partial charge in [0.25, 0.3) is 0 Å². The van der Waals surface area contributed by atoms with E-state index in [-0.39, 0.29) is 0 Å². The number of hydrogen-bond acceptors (Lipinski definition) is 3. The van der Waals surface area contributed by atoms with Gasteiger partial charge in [-0.1, -0.05) is 46.3 Å². The fourth-order valence-corrected chi connectivity index (χ4v) is 2.50. The Morgan fingerprint density at radius 2 is 1.90 bits per heavy atom. The maximum atomic E-state index is 5.97. The number of rotatable bonds is 3. The second-order valence-corrected chi connectivity index (χ2v) is 5.36. The summed E-state index contributed by atoms with van der Waals surface area (Å²) in [4.78, 5) is 1.51. The molecule has 100 valence electrons. The van der Waals surface area contributed by atoms with Crippen molar-refractivity contribution in [2.45, 2.75) is 5.88 Å². The minimum absolute atomic E-state index is 0.386. The summed E-state index contributed by atoms with van der Waals surface area (Å²) in [6.45, 7) is 0. The molecule has 0 unspecified atom stereocenters. The Balaban J connectivity index is 2.02. The molecule has 1 heterocycles. The Hall–Kier alpha value is -1.72. The van der Waals surface area contributed by atoms with Gasteiger partial charge in [-0.05, 0) is 29.0 Å². The van der Waals surface area contributed by atoms with E-state index in [4.69, 9.17) is 11.6 Å². The molecule has 0 amide bonds. The van der Waals surface area contributed by atoms with E-state index in [2.05, 4.69) is 31.3 Å². The van der Waals surface area contributed by atoms with Gasteiger partial charge in [0, 0.05) is 15.9 Å². The van der Waals surface area contributed by atoms with Crippen LogP contribution in [0.15, 0.2) is 53.0 Å². The number of tetrazole rings is 1. The molecule has 0 aliphatic heterocycles. The summed E-state index contributed by atoms with van der Waals surface area (Å²) in [5.74, 6) is 0.978. The van der Waals surface area contributed by atoms with Crippen molar-refractivity contribution in [2.24, 2.45) is 0 Å². The minimum atomic E-state index is 0.386. The van der Waals surface area contributed by atoms with E-state index in [1.54, 1.807) is 0 Å². The zero-order valence-electron chi connectivity index (χ0n) is 10.4. The lowest BCUT2D eigenvalue weighted by atomic mass is 10.2. The second-order valence-electron chi connectivity index (χ2n) is 4.18. The molecule has 1 aromatic heterocycles. The smallest absolute Gasteiger partial charge is 0.130 e. The van der Waals surface area contributed by atoms with E-state index in [0.29, 0.717) is 11.7 Å². The van der Waals surface area contributed by atoms with Crippen molar-refractivity contribution in [1.29, 1.82) is 0 Å². The molecule has 0 atom stereocenters. The van der Waals surface area contributed by atoms with Gasteiger partial charge in [-0.3, -0.25) is 0 Å². The Kier molecular flexibility index (Phi) is 3.80. The van der Waals surface area contributed by atoms with Crippen molar-refractivity contribution in [2.75, 3.05) is 0 Å². The van der Waals surface area contributed by atoms with Crippen LogP contribution in [0.1, 0.15) is 5.56 Å². The van der Waals surface area contributed by atoms with Crippen LogP contribution in [-0.4, -0.2) is 20.2 Å². The van der Waals surface area contributed by atoms with Crippen LogP contribution >= 0.6 is 27.5 Å². The number of aromatic nitrogens is 4. The van der Waals surface area contributed by atoms with Gasteiger partial charge in [-0.15, -0.1) is 26.6 Å². The van der Waals surface area contributed by atoms with Crippen molar-refractivity contribution in [3.05, 3.63) is 58.6 Å². The van der Waals surface area contributed by atoms with Gasteiger partial charge in [-0.25, -0.2) is 0 Å². The average molecular weight is 350 g/mol. The first kappa shape index (κ1) is 13.3. The van der Waals surface area contributed by atoms with Gasteiger partial charge in [0.15, 0.2) is 0 Å². The number of halogens is 2. The third-order valence-corrected chi connectivity index (χ3v) is 3.63. The molecule has 0 fully saturated rings. The quantitative estimate of drug-likeness (QED) is 0.675. The van der Waals surface area contributed by atoms with E-state index in [1.807, 2.05) is 48.5 Å². The third-order valence-electron chi connectivity index (χ3n) is 2.85. The molecule has 0 bridgehead atoms. The molecule has 0 saturated carbocycles. The first-order chi connectivity index (χ1) is 9.78. The first-order valence-electron chi connectivity index (χ1n) is 5.98. The summed E-state index contributed by atoms with van der Waals surface area (Å²) < 4.78 is 0.972. The molecule has 0 saturated heterocycles. The maximum Gasteiger partial charge on any atom is 0.205 e. The van der Waals surface area contributed by atoms with Crippen LogP contribution in [0.5, 0.6) is 0 Å². The Labute approximate surface area is 129 Å². The van der Waals surface area contributed by atoms with Crippen molar-refractivity contribution >= 4 is 27.5 Å². The predicted molar refractivity (Wildman–Crippen MR) is 81.8 cm³/mol. The largest absolute Gasteiger partial charge is 0.205 e. The molecule has 0 aliphatic carbocycles. The van der Waals surface area contributed by atoms with Crippen molar-refractivity contribution < 1.29 is 0 Å². The van der Waals surface area contributed by atoms with Gasteiger partial charge in [0.2, 0.25) is 5.82 Å². The molecule has 0 N–H and O–H groups in total. The number of alkyl halides is 1. The monoisotopic (exact) mass is 348 g/mol. The van der Waals surface area contributed by atoms with Gasteiger partial charge < -0.3 is 0 Å². The highest BCUT2D eigenvalue weighted by atomic mass is 79.9. The molecular formula is C14H10BrClN4. The van der Waals surface area contributed by atoms with Crippen LogP contribution in [0.3, 0.4) is 0 Å². The lowest BCUT2D eigenvalue weighted by Gasteiger charge is -2.05. The summed E-state index contributed by atoms with van der Waals surface area (Å²) in [7, 11) is 0. The zero-order valence-corrected chi connectivity index (χ0v) is 12.7. The van der Waals surface area contributed by atoms with Crippen LogP contribution in [0.25, 0.3) is 17.1 Å². The highest BCUT2D eigenvalue weighted by molar-refractivity contribution is 9.10. The van der Waals surface area contributed by atoms with Crippen LogP contribution in [0, 0.1) is 0 Å². The van der Waals surface area contributed by atoms with Gasteiger partial charge in [0.05, 0.1) is 5.69 Å². The first-order valence-corrected chi connectivity index (χ1v) is 7.31. The average Bonchev–Trinajstić information content (AvgIpc) is 2.97. The lowest BCUT2D eigenvalue weighted by Crippen LogP contribution is -2.02. The number of hydrogen-bond donors (Lipinski definition) is 0. The van der Waals surface area contributed by atoms with Crippen LogP contribution in [0.4, 0.5) is 0 Å². The SMILES string of the molecule is ClCc1cc(Br)ccc1-n1nnc(-c2ccccc2)n1. The van der Waals surface area contributed by atoms with Gasteiger partial charge >= 0.3 is 0 Å². The van der Waals surface area contributed by atoms with Crippen LogP contribution < -0.4 is 0 Å². The summed E-state index contributed by atoms with van der Waals surface area (Å²) in [6, 6.07) is 15.5. The molecular weight excluding hydrogens is 340 g/mol. The second kappa shape index (κ2) is 5.73. The summed E-state index contributed by atoms with van der Waals surface area (Å²) >= 11 is 9.39. The maximum absolute atomic E-state index is 5.97. The predicted octanol–water partition coefficient (Wildman–Crippen LogP) is 3.83. The number of benzene rings is 2. The van der Waals surface area contributed by atoms with E-state index in [0.717, 1.165) is 21.3 Å². The summed E-state index contributed by atoms with van der Waals surface area (Å²) in [6.07, 6.45) is 0. The zero-order chi connectivity index (χ0) is 13.9. The van der Waals surface area contributed by atoms with E-state index in [1.165, 1.54) is 4.80 Å². The van der Waals surface area contributed by atoms with Gasteiger partial charge in [0.1, 0.15) is 0 Å². The molecule has 2 aromatic carbocycles. The van der Waals surface area contributed by atoms with Crippen LogP contribution in [0.2, 0.25) is 0 Å². The Morgan fingerprint density at radius 1 is 1.10 bits per heavy atom. The Morgan fingerprint density at radius 3 is 2.65 bits per heavy atom. The molecule has 20 heavy (non-hydrogen) atoms. The Bertz CT molecular complexity index is 727. The molecule has 3 aromatic rings. The summed E-state index contributed by atoms with van der Waals surface area (Å²) in [5, 5.41) is 12.6. The highest BCUT2D eigenvalue weighted by Gasteiger charge is 2.10. The van der Waals surface area contributed by atoms with Crippen molar-refractivity contribution in [1.82, 2.24) is 20.2 Å². The van der Waals surface area contributed by atoms with Gasteiger partial charge in [-0.2, -0.15) is 0 Å². The lowest BCUT2D eigenvalue weighted by molar-refractivity contribution is 0.715. The van der Waals surface area contributed by atoms with Crippen LogP contribution in [-0.2, 0) is 5.88 Å². The molecule has 3 rings (SSSR count). The molecule has 0 radical (unpaired) electrons. The third kappa shape index (κ3) is 2.59. The fourth-order valence-electron chi connectivity index (χ4n) is 1.88. The molecule has 0 spiro atoms. The topological polar surface area (TPSA) is 43.6 Å². The molecule has 0 aliphatic rings. The fraction of sp³-hybridized carbons (Fsp3) is 0.0714. The van der Waals surface area contributed by atoms with E-state index >= 15 is 0 Å². The number of nitrogens with zero attached hydrogens (tertiary/aromatic N) is 4. The van der Waals surface area contributed by atoms with Crippen molar-refractivity contribution in [3.8, 4) is 17.1 Å². The van der Waals surface area contributed by atoms with E-state index in [9.17, 15) is 0 Å².